The molecule has 1 saturated heterocycles. The minimum absolute atomic E-state index is 0.00940. The van der Waals surface area contributed by atoms with Crippen LogP contribution < -0.4 is 5.56 Å². The van der Waals surface area contributed by atoms with Gasteiger partial charge < -0.3 is 9.88 Å². The van der Waals surface area contributed by atoms with Crippen LogP contribution in [0.3, 0.4) is 0 Å². The Balaban J connectivity index is 1.81. The molecule has 1 amide bonds. The highest BCUT2D eigenvalue weighted by Gasteiger charge is 2.31. The van der Waals surface area contributed by atoms with Crippen molar-refractivity contribution in [2.24, 2.45) is 0 Å². The molecule has 22 heavy (non-hydrogen) atoms. The lowest BCUT2D eigenvalue weighted by Gasteiger charge is -2.24. The molecule has 2 aromatic heterocycles. The number of likely N-dealkylation sites (tertiary alicyclic amines) is 1. The van der Waals surface area contributed by atoms with E-state index in [1.807, 2.05) is 16.3 Å². The molecule has 3 heterocycles. The van der Waals surface area contributed by atoms with Crippen LogP contribution in [0, 0.1) is 13.8 Å². The maximum absolute atomic E-state index is 12.7. The molecule has 0 radical (unpaired) electrons. The summed E-state index contributed by atoms with van der Waals surface area (Å²) >= 11 is 1.68. The number of aryl methyl sites for hydroxylation is 2. The number of rotatable bonds is 3. The summed E-state index contributed by atoms with van der Waals surface area (Å²) in [6, 6.07) is 4.25. The summed E-state index contributed by atoms with van der Waals surface area (Å²) in [4.78, 5) is 34.8. The van der Waals surface area contributed by atoms with E-state index in [1.165, 1.54) is 4.88 Å². The number of carbonyl (C=O) groups excluding carboxylic acids is 1. The van der Waals surface area contributed by atoms with Crippen molar-refractivity contribution in [1.29, 1.82) is 0 Å². The van der Waals surface area contributed by atoms with Crippen LogP contribution in [0.15, 0.2) is 22.3 Å². The van der Waals surface area contributed by atoms with E-state index in [1.54, 1.807) is 25.2 Å². The quantitative estimate of drug-likeness (QED) is 0.945. The second-order valence-corrected chi connectivity index (χ2v) is 6.63. The van der Waals surface area contributed by atoms with Gasteiger partial charge in [0, 0.05) is 22.7 Å². The summed E-state index contributed by atoms with van der Waals surface area (Å²) in [7, 11) is 0. The summed E-state index contributed by atoms with van der Waals surface area (Å²) in [6.07, 6.45) is 2.12. The van der Waals surface area contributed by atoms with Gasteiger partial charge in [-0.1, -0.05) is 6.07 Å². The smallest absolute Gasteiger partial charge is 0.254 e. The predicted molar refractivity (Wildman–Crippen MR) is 86.0 cm³/mol. The van der Waals surface area contributed by atoms with Crippen LogP contribution in [0.25, 0.3) is 0 Å². The highest BCUT2D eigenvalue weighted by Crippen LogP contribution is 2.34. The molecule has 0 spiro atoms. The van der Waals surface area contributed by atoms with Crippen molar-refractivity contribution < 1.29 is 4.79 Å². The highest BCUT2D eigenvalue weighted by molar-refractivity contribution is 7.10. The number of hydrogen-bond donors (Lipinski definition) is 1. The molecular formula is C16H19N3O2S. The van der Waals surface area contributed by atoms with Gasteiger partial charge in [0.25, 0.3) is 5.56 Å². The number of aromatic nitrogens is 2. The van der Waals surface area contributed by atoms with Crippen molar-refractivity contribution in [3.8, 4) is 0 Å². The van der Waals surface area contributed by atoms with E-state index in [0.29, 0.717) is 17.1 Å². The fourth-order valence-corrected chi connectivity index (χ4v) is 3.93. The number of nitrogens with one attached hydrogen (secondary N) is 1. The number of thiophene rings is 1. The number of nitrogens with zero attached hydrogens (tertiary/aromatic N) is 2. The Labute approximate surface area is 133 Å². The average molecular weight is 317 g/mol. The SMILES string of the molecule is Cc1nc(C)c(CC(=O)N2CCC[C@H]2c2cccs2)c(=O)[nH]1. The van der Waals surface area contributed by atoms with Gasteiger partial charge in [-0.3, -0.25) is 9.59 Å². The van der Waals surface area contributed by atoms with Gasteiger partial charge in [0.05, 0.1) is 12.5 Å². The Morgan fingerprint density at radius 3 is 3.00 bits per heavy atom. The van der Waals surface area contributed by atoms with E-state index in [9.17, 15) is 9.59 Å². The second kappa shape index (κ2) is 6.04. The first-order valence-electron chi connectivity index (χ1n) is 7.45. The topological polar surface area (TPSA) is 66.1 Å². The number of carbonyl (C=O) groups is 1. The van der Waals surface area contributed by atoms with E-state index >= 15 is 0 Å². The Kier molecular flexibility index (Phi) is 4.11. The molecule has 3 rings (SSSR count). The minimum atomic E-state index is -0.203. The van der Waals surface area contributed by atoms with Crippen LogP contribution in [0.4, 0.5) is 0 Å². The van der Waals surface area contributed by atoms with Crippen molar-refractivity contribution in [2.45, 2.75) is 39.2 Å². The number of amides is 1. The maximum atomic E-state index is 12.7. The molecule has 116 valence electrons. The Morgan fingerprint density at radius 1 is 1.50 bits per heavy atom. The number of H-pyrrole nitrogens is 1. The van der Waals surface area contributed by atoms with Crippen molar-refractivity contribution >= 4 is 17.2 Å². The summed E-state index contributed by atoms with van der Waals surface area (Å²) in [6.45, 7) is 4.29. The molecule has 0 unspecified atom stereocenters. The van der Waals surface area contributed by atoms with Gasteiger partial charge in [-0.25, -0.2) is 4.98 Å². The molecule has 2 aromatic rings. The van der Waals surface area contributed by atoms with Gasteiger partial charge in [0.2, 0.25) is 5.91 Å². The summed E-state index contributed by atoms with van der Waals surface area (Å²) in [5, 5.41) is 2.04. The van der Waals surface area contributed by atoms with Crippen LogP contribution in [-0.2, 0) is 11.2 Å². The predicted octanol–water partition coefficient (Wildman–Crippen LogP) is 2.35. The van der Waals surface area contributed by atoms with Crippen molar-refractivity contribution in [3.05, 3.63) is 49.8 Å². The normalized spacial score (nSPS) is 17.9. The van der Waals surface area contributed by atoms with E-state index in [-0.39, 0.29) is 23.9 Å². The lowest BCUT2D eigenvalue weighted by atomic mass is 10.1. The molecule has 6 heteroatoms. The summed E-state index contributed by atoms with van der Waals surface area (Å²) in [5.74, 6) is 0.589. The first kappa shape index (κ1) is 15.0. The molecule has 0 bridgehead atoms. The third-order valence-corrected chi connectivity index (χ3v) is 5.09. The standard InChI is InChI=1S/C16H19N3O2S/c1-10-12(16(21)18-11(2)17-10)9-15(20)19-7-3-5-13(19)14-6-4-8-22-14/h4,6,8,13H,3,5,7,9H2,1-2H3,(H,17,18,21)/t13-/m0/s1. The molecule has 1 aliphatic heterocycles. The lowest BCUT2D eigenvalue weighted by Crippen LogP contribution is -2.33. The first-order valence-corrected chi connectivity index (χ1v) is 8.33. The first-order chi connectivity index (χ1) is 10.6. The molecule has 1 N–H and O–H groups in total. The Bertz CT molecular complexity index is 736. The maximum Gasteiger partial charge on any atom is 0.254 e. The zero-order valence-corrected chi connectivity index (χ0v) is 13.6. The molecular weight excluding hydrogens is 298 g/mol. The van der Waals surface area contributed by atoms with Gasteiger partial charge in [-0.2, -0.15) is 0 Å². The van der Waals surface area contributed by atoms with Gasteiger partial charge in [0.15, 0.2) is 0 Å². The monoisotopic (exact) mass is 317 g/mol. The highest BCUT2D eigenvalue weighted by atomic mass is 32.1. The molecule has 0 aromatic carbocycles. The van der Waals surface area contributed by atoms with Gasteiger partial charge >= 0.3 is 0 Å². The fraction of sp³-hybridized carbons (Fsp3) is 0.438. The van der Waals surface area contributed by atoms with Crippen LogP contribution in [0.2, 0.25) is 0 Å². The van der Waals surface area contributed by atoms with E-state index in [2.05, 4.69) is 16.0 Å². The van der Waals surface area contributed by atoms with Crippen LogP contribution in [0.1, 0.15) is 40.8 Å². The largest absolute Gasteiger partial charge is 0.335 e. The molecule has 1 atom stereocenters. The van der Waals surface area contributed by atoms with Gasteiger partial charge in [-0.15, -0.1) is 11.3 Å². The lowest BCUT2D eigenvalue weighted by molar-refractivity contribution is -0.131. The molecule has 5 nitrogen and oxygen atoms in total. The van der Waals surface area contributed by atoms with E-state index < -0.39 is 0 Å². The third-order valence-electron chi connectivity index (χ3n) is 4.11. The fourth-order valence-electron chi connectivity index (χ4n) is 3.05. The average Bonchev–Trinajstić information content (AvgIpc) is 3.11. The summed E-state index contributed by atoms with van der Waals surface area (Å²) in [5.41, 5.74) is 0.916. The molecule has 0 saturated carbocycles. The van der Waals surface area contributed by atoms with Crippen LogP contribution >= 0.6 is 11.3 Å². The van der Waals surface area contributed by atoms with E-state index in [4.69, 9.17) is 0 Å². The van der Waals surface area contributed by atoms with Crippen LogP contribution in [0.5, 0.6) is 0 Å². The summed E-state index contributed by atoms with van der Waals surface area (Å²) < 4.78 is 0. The molecule has 1 aliphatic rings. The Morgan fingerprint density at radius 2 is 2.32 bits per heavy atom. The molecule has 1 fully saturated rings. The van der Waals surface area contributed by atoms with Crippen LogP contribution in [-0.4, -0.2) is 27.3 Å². The zero-order chi connectivity index (χ0) is 15.7. The minimum Gasteiger partial charge on any atom is -0.335 e. The van der Waals surface area contributed by atoms with E-state index in [0.717, 1.165) is 19.4 Å². The molecule has 0 aliphatic carbocycles. The number of aromatic amines is 1. The van der Waals surface area contributed by atoms with Crippen molar-refractivity contribution in [2.75, 3.05) is 6.54 Å². The zero-order valence-electron chi connectivity index (χ0n) is 12.8. The van der Waals surface area contributed by atoms with Gasteiger partial charge in [0.1, 0.15) is 5.82 Å². The second-order valence-electron chi connectivity index (χ2n) is 5.65. The van der Waals surface area contributed by atoms with Gasteiger partial charge in [-0.05, 0) is 38.1 Å². The third kappa shape index (κ3) is 2.83. The Hall–Kier alpha value is -1.95. The van der Waals surface area contributed by atoms with Crippen molar-refractivity contribution in [1.82, 2.24) is 14.9 Å². The van der Waals surface area contributed by atoms with Crippen molar-refractivity contribution in [3.63, 3.8) is 0 Å². The number of hydrogen-bond acceptors (Lipinski definition) is 4.